The average molecular weight is 362 g/mol. The van der Waals surface area contributed by atoms with Gasteiger partial charge in [0.05, 0.1) is 13.5 Å². The molecule has 0 aliphatic carbocycles. The highest BCUT2D eigenvalue weighted by Crippen LogP contribution is 2.15. The summed E-state index contributed by atoms with van der Waals surface area (Å²) in [7, 11) is 1.23. The van der Waals surface area contributed by atoms with Crippen LogP contribution in [0, 0.1) is 0 Å². The third kappa shape index (κ3) is 4.81. The summed E-state index contributed by atoms with van der Waals surface area (Å²) in [5, 5.41) is 2.63. The Morgan fingerprint density at radius 3 is 2.54 bits per heavy atom. The standard InChI is InChI=1S/C18H22N2O6/c1-3-15(21)12-4-6-13(7-5-12)26-11-16(22)20-9-8-19-18(24)14(20)10-17(23)25-2/h4-7,14H,3,8-11H2,1-2H3,(H,19,24)/t14-/m0/s1. The number of amides is 2. The second-order valence-electron chi connectivity index (χ2n) is 5.76. The summed E-state index contributed by atoms with van der Waals surface area (Å²) in [6.07, 6.45) is 0.208. The molecule has 1 atom stereocenters. The van der Waals surface area contributed by atoms with E-state index in [0.29, 0.717) is 30.8 Å². The highest BCUT2D eigenvalue weighted by Gasteiger charge is 2.35. The molecule has 0 saturated carbocycles. The Morgan fingerprint density at radius 1 is 1.23 bits per heavy atom. The monoisotopic (exact) mass is 362 g/mol. The molecule has 2 amide bonds. The van der Waals surface area contributed by atoms with Crippen LogP contribution in [0.1, 0.15) is 30.1 Å². The summed E-state index contributed by atoms with van der Waals surface area (Å²) in [5.41, 5.74) is 0.581. The number of ether oxygens (including phenoxy) is 2. The molecule has 8 heteroatoms. The van der Waals surface area contributed by atoms with E-state index >= 15 is 0 Å². The number of benzene rings is 1. The number of hydrogen-bond donors (Lipinski definition) is 1. The third-order valence-electron chi connectivity index (χ3n) is 4.10. The van der Waals surface area contributed by atoms with Crippen LogP contribution in [0.3, 0.4) is 0 Å². The highest BCUT2D eigenvalue weighted by atomic mass is 16.5. The molecule has 1 aliphatic rings. The van der Waals surface area contributed by atoms with Crippen LogP contribution in [0.2, 0.25) is 0 Å². The Kier molecular flexibility index (Phi) is 6.71. The van der Waals surface area contributed by atoms with E-state index in [4.69, 9.17) is 4.74 Å². The molecule has 0 radical (unpaired) electrons. The number of carbonyl (C=O) groups is 4. The van der Waals surface area contributed by atoms with Crippen LogP contribution in [0.15, 0.2) is 24.3 Å². The Labute approximate surface area is 151 Å². The van der Waals surface area contributed by atoms with Crippen LogP contribution in [0.5, 0.6) is 5.75 Å². The first kappa shape index (κ1) is 19.4. The molecule has 0 spiro atoms. The summed E-state index contributed by atoms with van der Waals surface area (Å²) in [6, 6.07) is 5.60. The minimum Gasteiger partial charge on any atom is -0.484 e. The lowest BCUT2D eigenvalue weighted by atomic mass is 10.1. The van der Waals surface area contributed by atoms with E-state index in [-0.39, 0.29) is 18.8 Å². The lowest BCUT2D eigenvalue weighted by Crippen LogP contribution is -2.58. The van der Waals surface area contributed by atoms with Crippen molar-refractivity contribution < 1.29 is 28.7 Å². The first-order valence-electron chi connectivity index (χ1n) is 8.36. The van der Waals surface area contributed by atoms with Gasteiger partial charge in [-0.1, -0.05) is 6.92 Å². The van der Waals surface area contributed by atoms with Gasteiger partial charge in [0.1, 0.15) is 11.8 Å². The van der Waals surface area contributed by atoms with Crippen molar-refractivity contribution in [3.8, 4) is 5.75 Å². The number of piperazine rings is 1. The fraction of sp³-hybridized carbons (Fsp3) is 0.444. The molecule has 140 valence electrons. The third-order valence-corrected chi connectivity index (χ3v) is 4.10. The number of nitrogens with one attached hydrogen (secondary N) is 1. The number of nitrogens with zero attached hydrogens (tertiary/aromatic N) is 1. The molecule has 0 aromatic heterocycles. The molecule has 1 fully saturated rings. The lowest BCUT2D eigenvalue weighted by Gasteiger charge is -2.34. The van der Waals surface area contributed by atoms with E-state index < -0.39 is 23.8 Å². The molecule has 1 heterocycles. The Bertz CT molecular complexity index is 685. The van der Waals surface area contributed by atoms with Crippen LogP contribution < -0.4 is 10.1 Å². The maximum atomic E-state index is 12.4. The number of ketones is 1. The van der Waals surface area contributed by atoms with Crippen LogP contribution in [-0.4, -0.2) is 61.3 Å². The van der Waals surface area contributed by atoms with Gasteiger partial charge in [-0.3, -0.25) is 19.2 Å². The molecule has 1 aromatic carbocycles. The van der Waals surface area contributed by atoms with Gasteiger partial charge in [0.25, 0.3) is 5.91 Å². The zero-order chi connectivity index (χ0) is 19.1. The highest BCUT2D eigenvalue weighted by molar-refractivity contribution is 5.96. The van der Waals surface area contributed by atoms with Gasteiger partial charge in [0.15, 0.2) is 12.4 Å². The molecule has 2 rings (SSSR count). The summed E-state index contributed by atoms with van der Waals surface area (Å²) in [6.45, 7) is 2.12. The van der Waals surface area contributed by atoms with Crippen molar-refractivity contribution in [1.29, 1.82) is 0 Å². The van der Waals surface area contributed by atoms with E-state index in [9.17, 15) is 19.2 Å². The van der Waals surface area contributed by atoms with E-state index in [1.165, 1.54) is 12.0 Å². The molecule has 1 saturated heterocycles. The zero-order valence-corrected chi connectivity index (χ0v) is 14.8. The van der Waals surface area contributed by atoms with Crippen LogP contribution in [0.25, 0.3) is 0 Å². The lowest BCUT2D eigenvalue weighted by molar-refractivity contribution is -0.151. The number of methoxy groups -OCH3 is 1. The van der Waals surface area contributed by atoms with Gasteiger partial charge in [-0.05, 0) is 24.3 Å². The second kappa shape index (κ2) is 8.98. The van der Waals surface area contributed by atoms with E-state index in [2.05, 4.69) is 10.1 Å². The molecule has 0 unspecified atom stereocenters. The number of rotatable bonds is 7. The molecular formula is C18H22N2O6. The Morgan fingerprint density at radius 2 is 1.92 bits per heavy atom. The quantitative estimate of drug-likeness (QED) is 0.561. The van der Waals surface area contributed by atoms with Gasteiger partial charge in [0.2, 0.25) is 5.91 Å². The van der Waals surface area contributed by atoms with Crippen molar-refractivity contribution in [2.75, 3.05) is 26.8 Å². The van der Waals surface area contributed by atoms with Gasteiger partial charge in [-0.15, -0.1) is 0 Å². The summed E-state index contributed by atoms with van der Waals surface area (Å²) in [5.74, 6) is -0.892. The van der Waals surface area contributed by atoms with Gasteiger partial charge in [-0.2, -0.15) is 0 Å². The van der Waals surface area contributed by atoms with Crippen LogP contribution in [0.4, 0.5) is 0 Å². The second-order valence-corrected chi connectivity index (χ2v) is 5.76. The largest absolute Gasteiger partial charge is 0.484 e. The first-order chi connectivity index (χ1) is 12.5. The number of esters is 1. The predicted octanol–water partition coefficient (Wildman–Crippen LogP) is 0.548. The minimum atomic E-state index is -0.906. The molecule has 0 bridgehead atoms. The van der Waals surface area contributed by atoms with E-state index in [1.807, 2.05) is 0 Å². The fourth-order valence-corrected chi connectivity index (χ4v) is 2.63. The van der Waals surface area contributed by atoms with Crippen molar-refractivity contribution >= 4 is 23.6 Å². The van der Waals surface area contributed by atoms with Crippen molar-refractivity contribution in [3.63, 3.8) is 0 Å². The molecule has 1 aromatic rings. The van der Waals surface area contributed by atoms with Crippen molar-refractivity contribution in [1.82, 2.24) is 10.2 Å². The van der Waals surface area contributed by atoms with Crippen molar-refractivity contribution in [2.45, 2.75) is 25.8 Å². The van der Waals surface area contributed by atoms with Crippen molar-refractivity contribution in [2.24, 2.45) is 0 Å². The average Bonchev–Trinajstić information content (AvgIpc) is 2.67. The fourth-order valence-electron chi connectivity index (χ4n) is 2.63. The molecule has 1 N–H and O–H groups in total. The minimum absolute atomic E-state index is 0.0256. The van der Waals surface area contributed by atoms with E-state index in [1.54, 1.807) is 31.2 Å². The van der Waals surface area contributed by atoms with Gasteiger partial charge < -0.3 is 19.7 Å². The first-order valence-corrected chi connectivity index (χ1v) is 8.36. The zero-order valence-electron chi connectivity index (χ0n) is 14.8. The predicted molar refractivity (Wildman–Crippen MR) is 91.7 cm³/mol. The number of hydrogen-bond acceptors (Lipinski definition) is 6. The molecule has 26 heavy (non-hydrogen) atoms. The van der Waals surface area contributed by atoms with Crippen LogP contribution in [-0.2, 0) is 19.1 Å². The summed E-state index contributed by atoms with van der Waals surface area (Å²) in [4.78, 5) is 48.8. The molecule has 1 aliphatic heterocycles. The van der Waals surface area contributed by atoms with Gasteiger partial charge in [-0.25, -0.2) is 0 Å². The maximum absolute atomic E-state index is 12.4. The van der Waals surface area contributed by atoms with E-state index in [0.717, 1.165) is 0 Å². The normalized spacial score (nSPS) is 16.6. The van der Waals surface area contributed by atoms with Crippen LogP contribution >= 0.6 is 0 Å². The SMILES string of the molecule is CCC(=O)c1ccc(OCC(=O)N2CCNC(=O)[C@@H]2CC(=O)OC)cc1. The summed E-state index contributed by atoms with van der Waals surface area (Å²) >= 11 is 0. The number of carbonyl (C=O) groups excluding carboxylic acids is 4. The topological polar surface area (TPSA) is 102 Å². The summed E-state index contributed by atoms with van der Waals surface area (Å²) < 4.78 is 10.0. The van der Waals surface area contributed by atoms with Gasteiger partial charge >= 0.3 is 5.97 Å². The molecule has 8 nitrogen and oxygen atoms in total. The van der Waals surface area contributed by atoms with Crippen molar-refractivity contribution in [3.05, 3.63) is 29.8 Å². The maximum Gasteiger partial charge on any atom is 0.308 e. The number of Topliss-reactive ketones (excluding diaryl/α,β-unsaturated/α-hetero) is 1. The Hall–Kier alpha value is -2.90. The smallest absolute Gasteiger partial charge is 0.308 e. The van der Waals surface area contributed by atoms with Gasteiger partial charge in [0, 0.05) is 25.1 Å². The molecular weight excluding hydrogens is 340 g/mol. The Balaban J connectivity index is 1.97.